The van der Waals surface area contributed by atoms with Crippen LogP contribution >= 0.6 is 0 Å². The highest BCUT2D eigenvalue weighted by molar-refractivity contribution is 5.91. The Morgan fingerprint density at radius 1 is 1.25 bits per heavy atom. The number of rotatable bonds is 6. The number of amides is 1. The molecule has 2 aromatic rings. The lowest BCUT2D eigenvalue weighted by Gasteiger charge is -2.19. The first-order valence-corrected chi connectivity index (χ1v) is 7.93. The topological polar surface area (TPSA) is 49.8 Å². The summed E-state index contributed by atoms with van der Waals surface area (Å²) in [6.45, 7) is 9.72. The van der Waals surface area contributed by atoms with E-state index in [2.05, 4.69) is 12.6 Å². The second kappa shape index (κ2) is 7.79. The maximum absolute atomic E-state index is 11.8. The van der Waals surface area contributed by atoms with E-state index in [1.165, 1.54) is 5.56 Å². The second-order valence-electron chi connectivity index (χ2n) is 5.71. The van der Waals surface area contributed by atoms with Crippen LogP contribution in [0, 0.1) is 13.8 Å². The molecule has 0 aliphatic carbocycles. The van der Waals surface area contributed by atoms with Gasteiger partial charge in [-0.15, -0.1) is 0 Å². The van der Waals surface area contributed by atoms with Crippen LogP contribution in [0.15, 0.2) is 43.0 Å². The monoisotopic (exact) mass is 325 g/mol. The molecule has 2 rings (SSSR count). The average molecular weight is 325 g/mol. The van der Waals surface area contributed by atoms with Gasteiger partial charge in [0.25, 0.3) is 0 Å². The van der Waals surface area contributed by atoms with Gasteiger partial charge in [-0.25, -0.2) is 0 Å². The highest BCUT2D eigenvalue weighted by Gasteiger charge is 2.16. The van der Waals surface area contributed by atoms with Crippen molar-refractivity contribution in [3.8, 4) is 5.75 Å². The third kappa shape index (κ3) is 4.03. The second-order valence-corrected chi connectivity index (χ2v) is 5.71. The van der Waals surface area contributed by atoms with Crippen LogP contribution in [0.4, 0.5) is 5.69 Å². The average Bonchev–Trinajstić information content (AvgIpc) is 2.59. The number of hydrogen-bond donors (Lipinski definition) is 1. The molecule has 0 bridgehead atoms. The van der Waals surface area contributed by atoms with E-state index in [9.17, 15) is 10.0 Å². The van der Waals surface area contributed by atoms with Crippen molar-refractivity contribution in [1.82, 2.24) is 0 Å². The summed E-state index contributed by atoms with van der Waals surface area (Å²) in [5.74, 6) is 0.413. The molecule has 4 heteroatoms. The number of hydroxylamine groups is 1. The summed E-state index contributed by atoms with van der Waals surface area (Å²) in [5, 5.41) is 10.8. The third-order valence-electron chi connectivity index (χ3n) is 3.82. The molecule has 0 fully saturated rings. The van der Waals surface area contributed by atoms with Crippen LogP contribution in [0.2, 0.25) is 0 Å². The first-order chi connectivity index (χ1) is 11.5. The van der Waals surface area contributed by atoms with Crippen LogP contribution in [-0.4, -0.2) is 11.1 Å². The standard InChI is InChI=1S/C20H23NO3/c1-5-16-8-9-18(21(23)20(22)6-2)17(12-16)13-24-19-10-7-14(3)11-15(19)4/h5,7-12,23H,1,6,13H2,2-4H3. The quantitative estimate of drug-likeness (QED) is 0.621. The summed E-state index contributed by atoms with van der Waals surface area (Å²) in [6, 6.07) is 11.3. The Morgan fingerprint density at radius 3 is 2.62 bits per heavy atom. The normalized spacial score (nSPS) is 10.3. The highest BCUT2D eigenvalue weighted by atomic mass is 16.5. The van der Waals surface area contributed by atoms with Crippen molar-refractivity contribution in [2.75, 3.05) is 5.06 Å². The van der Waals surface area contributed by atoms with Crippen LogP contribution in [-0.2, 0) is 11.4 Å². The fourth-order valence-corrected chi connectivity index (χ4v) is 2.46. The van der Waals surface area contributed by atoms with Crippen LogP contribution in [0.1, 0.15) is 35.6 Å². The largest absolute Gasteiger partial charge is 0.489 e. The third-order valence-corrected chi connectivity index (χ3v) is 3.82. The van der Waals surface area contributed by atoms with Crippen molar-refractivity contribution < 1.29 is 14.7 Å². The molecule has 0 atom stereocenters. The lowest BCUT2D eigenvalue weighted by Crippen LogP contribution is -2.27. The number of nitrogens with zero attached hydrogens (tertiary/aromatic N) is 1. The van der Waals surface area contributed by atoms with Gasteiger partial charge in [-0.05, 0) is 43.2 Å². The SMILES string of the molecule is C=Cc1ccc(N(O)C(=O)CC)c(COc2ccc(C)cc2C)c1. The van der Waals surface area contributed by atoms with E-state index in [0.717, 1.165) is 22.4 Å². The summed E-state index contributed by atoms with van der Waals surface area (Å²) < 4.78 is 5.90. The Morgan fingerprint density at radius 2 is 2.00 bits per heavy atom. The first-order valence-electron chi connectivity index (χ1n) is 7.93. The molecule has 0 heterocycles. The number of ether oxygens (including phenoxy) is 1. The highest BCUT2D eigenvalue weighted by Crippen LogP contribution is 2.26. The van der Waals surface area contributed by atoms with Crippen molar-refractivity contribution in [3.05, 3.63) is 65.2 Å². The summed E-state index contributed by atoms with van der Waals surface area (Å²) in [7, 11) is 0. The molecule has 0 unspecified atom stereocenters. The van der Waals surface area contributed by atoms with Crippen molar-refractivity contribution in [3.63, 3.8) is 0 Å². The van der Waals surface area contributed by atoms with Crippen molar-refractivity contribution in [1.29, 1.82) is 0 Å². The number of anilines is 1. The number of benzene rings is 2. The number of hydrogen-bond acceptors (Lipinski definition) is 3. The summed E-state index contributed by atoms with van der Waals surface area (Å²) in [5.41, 5.74) is 4.26. The molecule has 0 spiro atoms. The van der Waals surface area contributed by atoms with E-state index < -0.39 is 0 Å². The maximum atomic E-state index is 11.8. The lowest BCUT2D eigenvalue weighted by atomic mass is 10.1. The van der Waals surface area contributed by atoms with E-state index in [0.29, 0.717) is 10.8 Å². The lowest BCUT2D eigenvalue weighted by molar-refractivity contribution is -0.123. The first kappa shape index (κ1) is 17.8. The molecule has 0 saturated heterocycles. The van der Waals surface area contributed by atoms with Crippen LogP contribution < -0.4 is 9.80 Å². The molecule has 24 heavy (non-hydrogen) atoms. The number of aryl methyl sites for hydroxylation is 2. The molecule has 4 nitrogen and oxygen atoms in total. The van der Waals surface area contributed by atoms with Gasteiger partial charge in [0.05, 0.1) is 5.69 Å². The minimum atomic E-state index is -0.367. The maximum Gasteiger partial charge on any atom is 0.250 e. The van der Waals surface area contributed by atoms with Gasteiger partial charge in [-0.1, -0.05) is 43.3 Å². The Labute approximate surface area is 143 Å². The van der Waals surface area contributed by atoms with Crippen LogP contribution in [0.25, 0.3) is 6.08 Å². The Kier molecular flexibility index (Phi) is 5.77. The van der Waals surface area contributed by atoms with E-state index in [1.807, 2.05) is 32.0 Å². The number of carbonyl (C=O) groups is 1. The zero-order valence-corrected chi connectivity index (χ0v) is 14.4. The van der Waals surface area contributed by atoms with Gasteiger partial charge in [-0.3, -0.25) is 10.0 Å². The molecular formula is C20H23NO3. The molecule has 0 radical (unpaired) electrons. The predicted octanol–water partition coefficient (Wildman–Crippen LogP) is 4.66. The molecule has 126 valence electrons. The predicted molar refractivity (Wildman–Crippen MR) is 96.3 cm³/mol. The molecule has 0 saturated carbocycles. The molecule has 1 N–H and O–H groups in total. The molecular weight excluding hydrogens is 302 g/mol. The van der Waals surface area contributed by atoms with Gasteiger partial charge in [0, 0.05) is 12.0 Å². The molecule has 0 aliphatic rings. The van der Waals surface area contributed by atoms with Crippen LogP contribution in [0.5, 0.6) is 5.75 Å². The Balaban J connectivity index is 2.29. The van der Waals surface area contributed by atoms with Crippen molar-refractivity contribution in [2.45, 2.75) is 33.8 Å². The van der Waals surface area contributed by atoms with E-state index in [-0.39, 0.29) is 18.9 Å². The Bertz CT molecular complexity index is 753. The Hall–Kier alpha value is -2.59. The molecule has 0 aromatic heterocycles. The van der Waals surface area contributed by atoms with Gasteiger partial charge in [0.2, 0.25) is 5.91 Å². The van der Waals surface area contributed by atoms with Gasteiger partial charge in [0.15, 0.2) is 0 Å². The summed E-state index contributed by atoms with van der Waals surface area (Å²) in [4.78, 5) is 11.8. The van der Waals surface area contributed by atoms with Crippen molar-refractivity contribution in [2.24, 2.45) is 0 Å². The van der Waals surface area contributed by atoms with Crippen molar-refractivity contribution >= 4 is 17.7 Å². The number of carbonyl (C=O) groups excluding carboxylic acids is 1. The fraction of sp³-hybridized carbons (Fsp3) is 0.250. The minimum absolute atomic E-state index is 0.219. The zero-order valence-electron chi connectivity index (χ0n) is 14.4. The van der Waals surface area contributed by atoms with Crippen LogP contribution in [0.3, 0.4) is 0 Å². The smallest absolute Gasteiger partial charge is 0.250 e. The molecule has 0 aliphatic heterocycles. The fourth-order valence-electron chi connectivity index (χ4n) is 2.46. The van der Waals surface area contributed by atoms with E-state index in [4.69, 9.17) is 4.74 Å². The summed E-state index contributed by atoms with van der Waals surface area (Å²) >= 11 is 0. The molecule has 1 amide bonds. The van der Waals surface area contributed by atoms with Gasteiger partial charge < -0.3 is 4.74 Å². The van der Waals surface area contributed by atoms with Gasteiger partial charge in [0.1, 0.15) is 12.4 Å². The minimum Gasteiger partial charge on any atom is -0.489 e. The van der Waals surface area contributed by atoms with E-state index >= 15 is 0 Å². The van der Waals surface area contributed by atoms with Gasteiger partial charge >= 0.3 is 0 Å². The van der Waals surface area contributed by atoms with Gasteiger partial charge in [-0.2, -0.15) is 5.06 Å². The molecule has 2 aromatic carbocycles. The summed E-state index contributed by atoms with van der Waals surface area (Å²) in [6.07, 6.45) is 1.94. The van der Waals surface area contributed by atoms with E-state index in [1.54, 1.807) is 25.1 Å². The zero-order chi connectivity index (χ0) is 17.7.